The molecule has 4 rings (SSSR count). The fraction of sp³-hybridized carbons (Fsp3) is 0.130. The summed E-state index contributed by atoms with van der Waals surface area (Å²) in [5.41, 5.74) is 1.31. The normalized spacial score (nSPS) is 14.5. The van der Waals surface area contributed by atoms with Crippen LogP contribution in [0.25, 0.3) is 6.08 Å². The van der Waals surface area contributed by atoms with Crippen LogP contribution in [0, 0.1) is 5.82 Å². The molecule has 0 spiro atoms. The predicted molar refractivity (Wildman–Crippen MR) is 121 cm³/mol. The third-order valence-electron chi connectivity index (χ3n) is 4.32. The lowest BCUT2D eigenvalue weighted by atomic mass is 10.1. The van der Waals surface area contributed by atoms with Gasteiger partial charge >= 0.3 is 5.97 Å². The largest absolute Gasteiger partial charge is 0.490 e. The van der Waals surface area contributed by atoms with Gasteiger partial charge < -0.3 is 14.2 Å². The molecule has 0 saturated heterocycles. The fourth-order valence-electron chi connectivity index (χ4n) is 2.91. The van der Waals surface area contributed by atoms with Crippen LogP contribution in [0.15, 0.2) is 69.1 Å². The number of benzene rings is 2. The number of cyclic esters (lactones) is 1. The monoisotopic (exact) mass is 501 g/mol. The smallest absolute Gasteiger partial charge is 0.363 e. The van der Waals surface area contributed by atoms with Crippen LogP contribution in [0.4, 0.5) is 4.39 Å². The van der Waals surface area contributed by atoms with E-state index in [4.69, 9.17) is 14.2 Å². The molecule has 0 bridgehead atoms. The first-order chi connectivity index (χ1) is 15.0. The van der Waals surface area contributed by atoms with Crippen molar-refractivity contribution in [2.75, 3.05) is 6.61 Å². The molecule has 2 aromatic carbocycles. The van der Waals surface area contributed by atoms with E-state index in [1.54, 1.807) is 36.4 Å². The Labute approximate surface area is 190 Å². The predicted octanol–water partition coefficient (Wildman–Crippen LogP) is 5.97. The lowest BCUT2D eigenvalue weighted by Crippen LogP contribution is -2.04. The van der Waals surface area contributed by atoms with Crippen molar-refractivity contribution in [2.45, 2.75) is 13.5 Å². The zero-order valence-corrected chi connectivity index (χ0v) is 18.8. The van der Waals surface area contributed by atoms with Crippen LogP contribution in [-0.4, -0.2) is 18.5 Å². The van der Waals surface area contributed by atoms with Gasteiger partial charge in [0.25, 0.3) is 0 Å². The van der Waals surface area contributed by atoms with Gasteiger partial charge in [-0.2, -0.15) is 0 Å². The van der Waals surface area contributed by atoms with Crippen molar-refractivity contribution in [3.05, 3.63) is 85.9 Å². The number of aliphatic imine (C=N–C) groups is 1. The summed E-state index contributed by atoms with van der Waals surface area (Å²) in [7, 11) is 0. The third-order valence-corrected chi connectivity index (χ3v) is 5.76. The van der Waals surface area contributed by atoms with Crippen LogP contribution in [0.5, 0.6) is 11.5 Å². The zero-order valence-electron chi connectivity index (χ0n) is 16.4. The van der Waals surface area contributed by atoms with E-state index in [0.717, 1.165) is 4.88 Å². The van der Waals surface area contributed by atoms with Gasteiger partial charge in [-0.3, -0.25) is 0 Å². The van der Waals surface area contributed by atoms with E-state index in [0.29, 0.717) is 39.6 Å². The first kappa shape index (κ1) is 21.3. The molecular weight excluding hydrogens is 485 g/mol. The van der Waals surface area contributed by atoms with Crippen molar-refractivity contribution < 1.29 is 23.4 Å². The van der Waals surface area contributed by atoms with Crippen molar-refractivity contribution in [3.8, 4) is 11.5 Å². The van der Waals surface area contributed by atoms with Gasteiger partial charge in [0.1, 0.15) is 12.4 Å². The van der Waals surface area contributed by atoms with Crippen LogP contribution in [0.3, 0.4) is 0 Å². The summed E-state index contributed by atoms with van der Waals surface area (Å²) in [5.74, 6) is 0.354. The van der Waals surface area contributed by atoms with Crippen LogP contribution < -0.4 is 9.47 Å². The highest BCUT2D eigenvalue weighted by Gasteiger charge is 2.25. The number of rotatable bonds is 7. The van der Waals surface area contributed by atoms with E-state index in [-0.39, 0.29) is 18.1 Å². The van der Waals surface area contributed by atoms with Crippen LogP contribution in [0.1, 0.15) is 22.9 Å². The minimum absolute atomic E-state index is 0.0482. The quantitative estimate of drug-likeness (QED) is 0.295. The summed E-state index contributed by atoms with van der Waals surface area (Å²) in [6, 6.07) is 13.6. The summed E-state index contributed by atoms with van der Waals surface area (Å²) < 4.78 is 31.4. The van der Waals surface area contributed by atoms with Gasteiger partial charge in [0.05, 0.1) is 16.0 Å². The minimum atomic E-state index is -0.516. The summed E-state index contributed by atoms with van der Waals surface area (Å²) in [5, 5.41) is 1.89. The number of carbonyl (C=O) groups excluding carboxylic acids is 1. The molecule has 3 aromatic rings. The molecule has 0 N–H and O–H groups in total. The lowest BCUT2D eigenvalue weighted by molar-refractivity contribution is -0.129. The van der Waals surface area contributed by atoms with Crippen LogP contribution >= 0.6 is 27.3 Å². The van der Waals surface area contributed by atoms with E-state index < -0.39 is 5.97 Å². The molecule has 1 aliphatic heterocycles. The molecule has 1 aliphatic rings. The molecule has 0 fully saturated rings. The fourth-order valence-corrected chi connectivity index (χ4v) is 4.14. The maximum Gasteiger partial charge on any atom is 0.363 e. The molecule has 1 aromatic heterocycles. The van der Waals surface area contributed by atoms with Crippen molar-refractivity contribution in [3.63, 3.8) is 0 Å². The zero-order chi connectivity index (χ0) is 21.8. The van der Waals surface area contributed by atoms with E-state index in [2.05, 4.69) is 20.9 Å². The second-order valence-corrected chi connectivity index (χ2v) is 8.26. The maximum atomic E-state index is 13.9. The van der Waals surface area contributed by atoms with Gasteiger partial charge in [0.15, 0.2) is 17.2 Å². The molecule has 0 unspecified atom stereocenters. The van der Waals surface area contributed by atoms with Crippen LogP contribution in [0.2, 0.25) is 0 Å². The van der Waals surface area contributed by atoms with Crippen molar-refractivity contribution >= 4 is 45.2 Å². The number of ether oxygens (including phenoxy) is 3. The molecule has 8 heteroatoms. The van der Waals surface area contributed by atoms with Gasteiger partial charge in [-0.05, 0) is 64.1 Å². The Morgan fingerprint density at radius 3 is 2.77 bits per heavy atom. The Balaban J connectivity index is 1.62. The Kier molecular flexibility index (Phi) is 6.48. The van der Waals surface area contributed by atoms with Gasteiger partial charge in [0, 0.05) is 5.56 Å². The van der Waals surface area contributed by atoms with Crippen LogP contribution in [-0.2, 0) is 16.1 Å². The van der Waals surface area contributed by atoms with E-state index in [1.165, 1.54) is 17.4 Å². The highest BCUT2D eigenvalue weighted by atomic mass is 79.9. The first-order valence-corrected chi connectivity index (χ1v) is 11.1. The SMILES string of the molecule is CCOc1cc(/C=C2/N=C(c3cccs3)OC2=O)cc(Br)c1OCc1ccccc1F. The number of halogens is 2. The highest BCUT2D eigenvalue weighted by Crippen LogP contribution is 2.38. The maximum absolute atomic E-state index is 13.9. The number of thiophene rings is 1. The Morgan fingerprint density at radius 2 is 2.03 bits per heavy atom. The number of esters is 1. The number of hydrogen-bond acceptors (Lipinski definition) is 6. The second kappa shape index (κ2) is 9.45. The van der Waals surface area contributed by atoms with E-state index in [9.17, 15) is 9.18 Å². The number of carbonyl (C=O) groups is 1. The molecule has 158 valence electrons. The van der Waals surface area contributed by atoms with Gasteiger partial charge in [-0.25, -0.2) is 14.2 Å². The molecule has 31 heavy (non-hydrogen) atoms. The third kappa shape index (κ3) is 4.86. The summed E-state index contributed by atoms with van der Waals surface area (Å²) in [4.78, 5) is 17.3. The average molecular weight is 502 g/mol. The number of hydrogen-bond donors (Lipinski definition) is 0. The minimum Gasteiger partial charge on any atom is -0.490 e. The molecule has 5 nitrogen and oxygen atoms in total. The van der Waals surface area contributed by atoms with Crippen molar-refractivity contribution in [1.82, 2.24) is 0 Å². The standard InChI is InChI=1S/C23H17BrFNO4S/c1-2-28-19-12-14(11-18-23(27)30-22(26-18)20-8-5-9-31-20)10-16(24)21(19)29-13-15-6-3-4-7-17(15)25/h3-12H,2,13H2,1H3/b18-11+. The van der Waals surface area contributed by atoms with Crippen molar-refractivity contribution in [1.29, 1.82) is 0 Å². The lowest BCUT2D eigenvalue weighted by Gasteiger charge is -2.15. The highest BCUT2D eigenvalue weighted by molar-refractivity contribution is 9.10. The average Bonchev–Trinajstić information content (AvgIpc) is 3.39. The Hall–Kier alpha value is -2.97. The molecule has 0 radical (unpaired) electrons. The molecule has 0 atom stereocenters. The molecule has 2 heterocycles. The van der Waals surface area contributed by atoms with E-state index >= 15 is 0 Å². The van der Waals surface area contributed by atoms with Gasteiger partial charge in [-0.15, -0.1) is 11.3 Å². The molecular formula is C23H17BrFNO4S. The molecule has 0 saturated carbocycles. The van der Waals surface area contributed by atoms with Gasteiger partial charge in [0.2, 0.25) is 5.90 Å². The summed E-state index contributed by atoms with van der Waals surface area (Å²) in [6.07, 6.45) is 1.62. The molecule has 0 aliphatic carbocycles. The summed E-state index contributed by atoms with van der Waals surface area (Å²) in [6.45, 7) is 2.31. The number of nitrogens with zero attached hydrogens (tertiary/aromatic N) is 1. The molecule has 0 amide bonds. The Bertz CT molecular complexity index is 1170. The first-order valence-electron chi connectivity index (χ1n) is 9.44. The van der Waals surface area contributed by atoms with Crippen molar-refractivity contribution in [2.24, 2.45) is 4.99 Å². The van der Waals surface area contributed by atoms with Gasteiger partial charge in [-0.1, -0.05) is 24.3 Å². The Morgan fingerprint density at radius 1 is 1.19 bits per heavy atom. The summed E-state index contributed by atoms with van der Waals surface area (Å²) >= 11 is 4.93. The van der Waals surface area contributed by atoms with E-state index in [1.807, 2.05) is 24.4 Å². The second-order valence-electron chi connectivity index (χ2n) is 6.46. The topological polar surface area (TPSA) is 57.1 Å².